The van der Waals surface area contributed by atoms with Crippen molar-refractivity contribution in [1.82, 2.24) is 9.38 Å². The van der Waals surface area contributed by atoms with Crippen molar-refractivity contribution in [3.8, 4) is 5.75 Å². The van der Waals surface area contributed by atoms with Crippen LogP contribution in [0.1, 0.15) is 11.1 Å². The molecule has 4 aromatic carbocycles. The minimum atomic E-state index is -0.0409. The predicted octanol–water partition coefficient (Wildman–Crippen LogP) is 5.19. The smallest absolute Gasteiger partial charge is 0.274 e. The summed E-state index contributed by atoms with van der Waals surface area (Å²) in [6, 6.07) is 30.1. The number of nitrogens with zero attached hydrogens (tertiary/aromatic N) is 2. The topological polar surface area (TPSA) is 43.6 Å². The molecule has 154 valence electrons. The van der Waals surface area contributed by atoms with Crippen LogP contribution in [0, 0.1) is 0 Å². The zero-order valence-electron chi connectivity index (χ0n) is 17.1. The van der Waals surface area contributed by atoms with Gasteiger partial charge < -0.3 is 4.74 Å². The Morgan fingerprint density at radius 3 is 2.69 bits per heavy atom. The van der Waals surface area contributed by atoms with Crippen molar-refractivity contribution in [3.05, 3.63) is 117 Å². The van der Waals surface area contributed by atoms with Crippen LogP contribution in [0.25, 0.3) is 32.8 Å². The predicted molar refractivity (Wildman–Crippen MR) is 130 cm³/mol. The quantitative estimate of drug-likeness (QED) is 0.384. The van der Waals surface area contributed by atoms with Gasteiger partial charge in [-0.15, -0.1) is 0 Å². The van der Waals surface area contributed by atoms with Crippen molar-refractivity contribution >= 4 is 44.2 Å². The molecule has 0 radical (unpaired) electrons. The molecule has 0 spiro atoms. The molecule has 0 saturated carbocycles. The number of imidazole rings is 1. The molecule has 32 heavy (non-hydrogen) atoms. The molecule has 0 aliphatic rings. The fourth-order valence-electron chi connectivity index (χ4n) is 4.04. The van der Waals surface area contributed by atoms with Gasteiger partial charge in [0.25, 0.3) is 5.56 Å². The summed E-state index contributed by atoms with van der Waals surface area (Å²) in [5.74, 6) is 0.769. The molecule has 0 aliphatic heterocycles. The van der Waals surface area contributed by atoms with E-state index in [0.717, 1.165) is 27.9 Å². The molecule has 0 N–H and O–H groups in total. The van der Waals surface area contributed by atoms with Gasteiger partial charge in [0.05, 0.1) is 15.6 Å². The van der Waals surface area contributed by atoms with Crippen LogP contribution in [0.3, 0.4) is 0 Å². The second kappa shape index (κ2) is 7.62. The highest BCUT2D eigenvalue weighted by molar-refractivity contribution is 7.15. The van der Waals surface area contributed by atoms with E-state index in [9.17, 15) is 4.79 Å². The summed E-state index contributed by atoms with van der Waals surface area (Å²) in [7, 11) is 0. The highest BCUT2D eigenvalue weighted by atomic mass is 32.1. The zero-order valence-corrected chi connectivity index (χ0v) is 17.9. The molecule has 2 aromatic heterocycles. The van der Waals surface area contributed by atoms with Crippen molar-refractivity contribution in [1.29, 1.82) is 0 Å². The van der Waals surface area contributed by atoms with Gasteiger partial charge in [0.15, 0.2) is 4.96 Å². The molecule has 0 amide bonds. The van der Waals surface area contributed by atoms with Crippen LogP contribution >= 0.6 is 11.3 Å². The third-order valence-corrected chi connectivity index (χ3v) is 6.54. The van der Waals surface area contributed by atoms with Crippen LogP contribution < -0.4 is 14.8 Å². The van der Waals surface area contributed by atoms with Gasteiger partial charge in [-0.05, 0) is 52.2 Å². The summed E-state index contributed by atoms with van der Waals surface area (Å²) >= 11 is 1.40. The second-order valence-electron chi connectivity index (χ2n) is 7.63. The number of fused-ring (bicyclic) bond motifs is 4. The maximum absolute atomic E-state index is 13.0. The fourth-order valence-corrected chi connectivity index (χ4v) is 5.02. The average Bonchev–Trinajstić information content (AvgIpc) is 3.34. The minimum Gasteiger partial charge on any atom is -0.489 e. The first-order valence-electron chi connectivity index (χ1n) is 10.4. The molecule has 0 fully saturated rings. The van der Waals surface area contributed by atoms with Crippen LogP contribution in [0.5, 0.6) is 5.75 Å². The molecular formula is C27H18N2O2S. The summed E-state index contributed by atoms with van der Waals surface area (Å²) in [5.41, 5.74) is 3.71. The average molecular weight is 435 g/mol. The van der Waals surface area contributed by atoms with Crippen LogP contribution in [0.4, 0.5) is 0 Å². The Kier molecular flexibility index (Phi) is 4.47. The number of rotatable bonds is 4. The molecule has 6 aromatic rings. The van der Waals surface area contributed by atoms with E-state index in [2.05, 4.69) is 35.3 Å². The summed E-state index contributed by atoms with van der Waals surface area (Å²) in [4.78, 5) is 18.3. The monoisotopic (exact) mass is 434 g/mol. The summed E-state index contributed by atoms with van der Waals surface area (Å²) in [5, 5.41) is 2.40. The van der Waals surface area contributed by atoms with Gasteiger partial charge in [0.1, 0.15) is 12.4 Å². The van der Waals surface area contributed by atoms with Crippen LogP contribution in [-0.2, 0) is 6.61 Å². The molecule has 0 bridgehead atoms. The first-order chi connectivity index (χ1) is 15.8. The van der Waals surface area contributed by atoms with Gasteiger partial charge in [-0.2, -0.15) is 0 Å². The van der Waals surface area contributed by atoms with Crippen molar-refractivity contribution in [2.75, 3.05) is 0 Å². The maximum Gasteiger partial charge on any atom is 0.274 e. The number of hydrogen-bond acceptors (Lipinski definition) is 4. The summed E-state index contributed by atoms with van der Waals surface area (Å²) in [6.45, 7) is 0.483. The molecule has 6 rings (SSSR count). The van der Waals surface area contributed by atoms with E-state index in [-0.39, 0.29) is 5.56 Å². The lowest BCUT2D eigenvalue weighted by atomic mass is 10.1. The van der Waals surface area contributed by atoms with Crippen LogP contribution in [-0.4, -0.2) is 9.38 Å². The fraction of sp³-hybridized carbons (Fsp3) is 0.0370. The Morgan fingerprint density at radius 1 is 0.906 bits per heavy atom. The lowest BCUT2D eigenvalue weighted by molar-refractivity contribution is 0.307. The Hall–Kier alpha value is -3.96. The summed E-state index contributed by atoms with van der Waals surface area (Å²) < 4.78 is 8.44. The molecule has 0 saturated heterocycles. The molecule has 0 aliphatic carbocycles. The van der Waals surface area contributed by atoms with E-state index in [1.165, 1.54) is 22.1 Å². The van der Waals surface area contributed by atoms with Gasteiger partial charge in [0, 0.05) is 0 Å². The highest BCUT2D eigenvalue weighted by Crippen LogP contribution is 2.22. The van der Waals surface area contributed by atoms with Gasteiger partial charge in [-0.25, -0.2) is 9.38 Å². The van der Waals surface area contributed by atoms with E-state index in [0.29, 0.717) is 16.1 Å². The number of benzene rings is 4. The number of thiazole rings is 1. The van der Waals surface area contributed by atoms with Crippen molar-refractivity contribution in [3.63, 3.8) is 0 Å². The first-order valence-corrected chi connectivity index (χ1v) is 11.2. The van der Waals surface area contributed by atoms with Crippen molar-refractivity contribution < 1.29 is 4.74 Å². The molecule has 5 heteroatoms. The molecule has 2 heterocycles. The Bertz CT molecular complexity index is 1710. The zero-order chi connectivity index (χ0) is 21.5. The Labute approximate surface area is 187 Å². The van der Waals surface area contributed by atoms with E-state index in [4.69, 9.17) is 4.74 Å². The van der Waals surface area contributed by atoms with E-state index >= 15 is 0 Å². The Morgan fingerprint density at radius 2 is 1.72 bits per heavy atom. The molecule has 0 unspecified atom stereocenters. The largest absolute Gasteiger partial charge is 0.489 e. The minimum absolute atomic E-state index is 0.0409. The number of para-hydroxylation sites is 2. The second-order valence-corrected chi connectivity index (χ2v) is 8.64. The van der Waals surface area contributed by atoms with Gasteiger partial charge in [0.2, 0.25) is 0 Å². The third-order valence-electron chi connectivity index (χ3n) is 5.58. The normalized spacial score (nSPS) is 12.2. The van der Waals surface area contributed by atoms with Crippen LogP contribution in [0.15, 0.2) is 95.8 Å². The van der Waals surface area contributed by atoms with Crippen molar-refractivity contribution in [2.45, 2.75) is 6.61 Å². The summed E-state index contributed by atoms with van der Waals surface area (Å²) in [6.07, 6.45) is 1.90. The van der Waals surface area contributed by atoms with Crippen molar-refractivity contribution in [2.24, 2.45) is 0 Å². The van der Waals surface area contributed by atoms with Gasteiger partial charge >= 0.3 is 0 Å². The number of hydrogen-bond donors (Lipinski definition) is 0. The Balaban J connectivity index is 1.32. The first kappa shape index (κ1) is 18.8. The lowest BCUT2D eigenvalue weighted by Gasteiger charge is -2.09. The lowest BCUT2D eigenvalue weighted by Crippen LogP contribution is -2.22. The highest BCUT2D eigenvalue weighted by Gasteiger charge is 2.10. The van der Waals surface area contributed by atoms with Gasteiger partial charge in [-0.1, -0.05) is 78.1 Å². The number of aromatic nitrogens is 2. The third kappa shape index (κ3) is 3.24. The standard InChI is InChI=1S/C27H18N2O2S/c30-26-25(32-27-28-23-13-3-4-14-24(23)29(26)27)16-18-7-5-11-21(15-18)31-17-20-10-6-9-19-8-1-2-12-22(19)20/h1-16H,17H2/b25-16+. The SMILES string of the molecule is O=c1/c(=C\c2cccc(OCc3cccc4ccccc34)c2)sc2nc3ccccc3n12. The van der Waals surface area contributed by atoms with E-state index in [1.54, 1.807) is 4.40 Å². The molecule has 0 atom stereocenters. The number of ether oxygens (including phenoxy) is 1. The molecule has 4 nitrogen and oxygen atoms in total. The van der Waals surface area contributed by atoms with E-state index < -0.39 is 0 Å². The maximum atomic E-state index is 13.0. The van der Waals surface area contributed by atoms with Gasteiger partial charge in [-0.3, -0.25) is 4.79 Å². The van der Waals surface area contributed by atoms with E-state index in [1.807, 2.05) is 66.7 Å². The molecular weight excluding hydrogens is 416 g/mol. The van der Waals surface area contributed by atoms with Crippen LogP contribution in [0.2, 0.25) is 0 Å².